The second kappa shape index (κ2) is 7.22. The molecule has 0 bridgehead atoms. The monoisotopic (exact) mass is 396 g/mol. The van der Waals surface area contributed by atoms with E-state index in [1.807, 2.05) is 17.6 Å². The maximum absolute atomic E-state index is 13.5. The number of nitrogens with zero attached hydrogens (tertiary/aromatic N) is 3. The minimum atomic E-state index is -1.07. The quantitative estimate of drug-likeness (QED) is 0.683. The summed E-state index contributed by atoms with van der Waals surface area (Å²) in [6.07, 6.45) is 3.17. The lowest BCUT2D eigenvalue weighted by Crippen LogP contribution is -2.24. The Hall–Kier alpha value is -2.80. The van der Waals surface area contributed by atoms with Crippen LogP contribution in [0.15, 0.2) is 30.3 Å². The number of carbonyl (C=O) groups excluding carboxylic acids is 1. The first kappa shape index (κ1) is 19.5. The Kier molecular flexibility index (Phi) is 4.86. The van der Waals surface area contributed by atoms with Crippen LogP contribution in [0, 0.1) is 12.7 Å². The Morgan fingerprint density at radius 2 is 2.03 bits per heavy atom. The highest BCUT2D eigenvalue weighted by Crippen LogP contribution is 2.37. The van der Waals surface area contributed by atoms with Gasteiger partial charge >= 0.3 is 0 Å². The SMILES string of the molecule is Cc1ccc(F)cc1CC(=O)Nc1nc2ccc(C(C)(C)O)nc2n1C1CCC1. The van der Waals surface area contributed by atoms with E-state index >= 15 is 0 Å². The van der Waals surface area contributed by atoms with Crippen molar-refractivity contribution < 1.29 is 14.3 Å². The summed E-state index contributed by atoms with van der Waals surface area (Å²) in [4.78, 5) is 21.9. The number of carbonyl (C=O) groups is 1. The van der Waals surface area contributed by atoms with Gasteiger partial charge in [-0.25, -0.2) is 14.4 Å². The van der Waals surface area contributed by atoms with E-state index in [4.69, 9.17) is 0 Å². The highest BCUT2D eigenvalue weighted by Gasteiger charge is 2.28. The van der Waals surface area contributed by atoms with Crippen LogP contribution in [0.3, 0.4) is 0 Å². The van der Waals surface area contributed by atoms with Gasteiger partial charge in [0.15, 0.2) is 5.65 Å². The smallest absolute Gasteiger partial charge is 0.231 e. The number of benzene rings is 1. The number of fused-ring (bicyclic) bond motifs is 1. The summed E-state index contributed by atoms with van der Waals surface area (Å²) in [6, 6.07) is 8.23. The number of aryl methyl sites for hydroxylation is 1. The number of rotatable bonds is 5. The third-order valence-corrected chi connectivity index (χ3v) is 5.52. The predicted molar refractivity (Wildman–Crippen MR) is 109 cm³/mol. The lowest BCUT2D eigenvalue weighted by atomic mass is 9.93. The fraction of sp³-hybridized carbons (Fsp3) is 0.409. The highest BCUT2D eigenvalue weighted by atomic mass is 19.1. The lowest BCUT2D eigenvalue weighted by Gasteiger charge is -2.28. The number of amides is 1. The largest absolute Gasteiger partial charge is 0.384 e. The maximum atomic E-state index is 13.5. The van der Waals surface area contributed by atoms with Crippen molar-refractivity contribution in [3.05, 3.63) is 53.0 Å². The Morgan fingerprint density at radius 1 is 1.28 bits per heavy atom. The van der Waals surface area contributed by atoms with Crippen LogP contribution in [0.2, 0.25) is 0 Å². The fourth-order valence-electron chi connectivity index (χ4n) is 3.57. The van der Waals surface area contributed by atoms with Gasteiger partial charge in [0.2, 0.25) is 11.9 Å². The van der Waals surface area contributed by atoms with Gasteiger partial charge < -0.3 is 5.11 Å². The first-order chi connectivity index (χ1) is 13.7. The minimum Gasteiger partial charge on any atom is -0.384 e. The van der Waals surface area contributed by atoms with Crippen molar-refractivity contribution in [3.8, 4) is 0 Å². The molecule has 0 saturated heterocycles. The van der Waals surface area contributed by atoms with Gasteiger partial charge in [-0.15, -0.1) is 0 Å². The van der Waals surface area contributed by atoms with E-state index in [0.29, 0.717) is 28.4 Å². The number of nitrogens with one attached hydrogen (secondary N) is 1. The minimum absolute atomic E-state index is 0.0693. The zero-order valence-electron chi connectivity index (χ0n) is 16.9. The Balaban J connectivity index is 1.67. The van der Waals surface area contributed by atoms with Crippen LogP contribution in [0.4, 0.5) is 10.3 Å². The third kappa shape index (κ3) is 3.87. The van der Waals surface area contributed by atoms with Gasteiger partial charge in [0.1, 0.15) is 16.9 Å². The van der Waals surface area contributed by atoms with Gasteiger partial charge in [-0.3, -0.25) is 14.7 Å². The molecule has 7 heteroatoms. The molecule has 0 atom stereocenters. The lowest BCUT2D eigenvalue weighted by molar-refractivity contribution is -0.115. The second-order valence-corrected chi connectivity index (χ2v) is 8.28. The van der Waals surface area contributed by atoms with Crippen LogP contribution in [0.5, 0.6) is 0 Å². The molecule has 1 fully saturated rings. The molecule has 0 unspecified atom stereocenters. The van der Waals surface area contributed by atoms with E-state index < -0.39 is 5.60 Å². The van der Waals surface area contributed by atoms with E-state index in [1.165, 1.54) is 12.1 Å². The number of aromatic nitrogens is 3. The molecule has 1 aliphatic carbocycles. The van der Waals surface area contributed by atoms with Crippen LogP contribution in [0.1, 0.15) is 56.0 Å². The van der Waals surface area contributed by atoms with E-state index in [9.17, 15) is 14.3 Å². The van der Waals surface area contributed by atoms with Crippen LogP contribution >= 0.6 is 0 Å². The Labute approximate surface area is 168 Å². The molecule has 2 heterocycles. The van der Waals surface area contributed by atoms with Crippen molar-refractivity contribution in [2.45, 2.75) is 58.1 Å². The Bertz CT molecular complexity index is 1080. The average Bonchev–Trinajstić information content (AvgIpc) is 2.93. The molecule has 29 heavy (non-hydrogen) atoms. The molecule has 1 aromatic carbocycles. The number of anilines is 1. The molecular weight excluding hydrogens is 371 g/mol. The molecule has 0 radical (unpaired) electrons. The first-order valence-corrected chi connectivity index (χ1v) is 9.89. The van der Waals surface area contributed by atoms with Crippen molar-refractivity contribution in [1.82, 2.24) is 14.5 Å². The zero-order valence-corrected chi connectivity index (χ0v) is 16.9. The van der Waals surface area contributed by atoms with Gasteiger partial charge in [0.25, 0.3) is 0 Å². The van der Waals surface area contributed by atoms with Gasteiger partial charge in [-0.2, -0.15) is 0 Å². The molecule has 3 aromatic rings. The van der Waals surface area contributed by atoms with E-state index in [0.717, 1.165) is 24.8 Å². The summed E-state index contributed by atoms with van der Waals surface area (Å²) in [6.45, 7) is 5.23. The molecule has 0 spiro atoms. The zero-order chi connectivity index (χ0) is 20.8. The van der Waals surface area contributed by atoms with Crippen LogP contribution < -0.4 is 5.32 Å². The van der Waals surface area contributed by atoms with Crippen molar-refractivity contribution >= 4 is 23.0 Å². The van der Waals surface area contributed by atoms with Gasteiger partial charge in [-0.05, 0) is 75.4 Å². The fourth-order valence-corrected chi connectivity index (χ4v) is 3.57. The number of halogens is 1. The summed E-state index contributed by atoms with van der Waals surface area (Å²) in [5.41, 5.74) is 2.33. The predicted octanol–water partition coefficient (Wildman–Crippen LogP) is 4.01. The summed E-state index contributed by atoms with van der Waals surface area (Å²) in [5, 5.41) is 13.2. The normalized spacial score (nSPS) is 14.8. The average molecular weight is 396 g/mol. The van der Waals surface area contributed by atoms with Crippen molar-refractivity contribution in [1.29, 1.82) is 0 Å². The van der Waals surface area contributed by atoms with Gasteiger partial charge in [0.05, 0.1) is 12.1 Å². The van der Waals surface area contributed by atoms with Gasteiger partial charge in [0, 0.05) is 6.04 Å². The number of hydrogen-bond donors (Lipinski definition) is 2. The summed E-state index contributed by atoms with van der Waals surface area (Å²) in [5.74, 6) is -0.162. The molecule has 2 aromatic heterocycles. The van der Waals surface area contributed by atoms with E-state index in [1.54, 1.807) is 26.0 Å². The third-order valence-electron chi connectivity index (χ3n) is 5.52. The number of pyridine rings is 1. The van der Waals surface area contributed by atoms with E-state index in [2.05, 4.69) is 15.3 Å². The topological polar surface area (TPSA) is 80.0 Å². The number of hydrogen-bond acceptors (Lipinski definition) is 4. The molecule has 6 nitrogen and oxygen atoms in total. The summed E-state index contributed by atoms with van der Waals surface area (Å²) in [7, 11) is 0. The van der Waals surface area contributed by atoms with Crippen molar-refractivity contribution in [2.75, 3.05) is 5.32 Å². The van der Waals surface area contributed by atoms with E-state index in [-0.39, 0.29) is 24.2 Å². The highest BCUT2D eigenvalue weighted by molar-refractivity contribution is 5.92. The standard InChI is InChI=1S/C22H25FN4O2/c1-13-7-8-15(23)11-14(13)12-19(28)26-21-24-17-9-10-18(22(2,3)29)25-20(17)27(21)16-5-4-6-16/h7-11,16,29H,4-6,12H2,1-3H3,(H,24,26,28). The van der Waals surface area contributed by atoms with Crippen LogP contribution in [-0.2, 0) is 16.8 Å². The molecular formula is C22H25FN4O2. The Morgan fingerprint density at radius 3 is 2.69 bits per heavy atom. The van der Waals surface area contributed by atoms with Crippen LogP contribution in [-0.4, -0.2) is 25.5 Å². The molecule has 1 saturated carbocycles. The molecule has 1 aliphatic rings. The molecule has 4 rings (SSSR count). The molecule has 152 valence electrons. The summed E-state index contributed by atoms with van der Waals surface area (Å²) < 4.78 is 15.5. The maximum Gasteiger partial charge on any atom is 0.231 e. The first-order valence-electron chi connectivity index (χ1n) is 9.89. The second-order valence-electron chi connectivity index (χ2n) is 8.28. The molecule has 0 aliphatic heterocycles. The van der Waals surface area contributed by atoms with Crippen molar-refractivity contribution in [2.24, 2.45) is 0 Å². The summed E-state index contributed by atoms with van der Waals surface area (Å²) >= 11 is 0. The molecule has 2 N–H and O–H groups in total. The van der Waals surface area contributed by atoms with Gasteiger partial charge in [-0.1, -0.05) is 6.07 Å². The number of aliphatic hydroxyl groups is 1. The van der Waals surface area contributed by atoms with Crippen molar-refractivity contribution in [3.63, 3.8) is 0 Å². The number of imidazole rings is 1. The molecule has 1 amide bonds. The van der Waals surface area contributed by atoms with Crippen LogP contribution in [0.25, 0.3) is 11.2 Å².